The van der Waals surface area contributed by atoms with E-state index in [0.717, 1.165) is 0 Å². The number of benzene rings is 1. The zero-order valence-electron chi connectivity index (χ0n) is 11.5. The molecule has 3 N–H and O–H groups in total. The first-order chi connectivity index (χ1) is 9.85. The van der Waals surface area contributed by atoms with Crippen LogP contribution in [0.4, 0.5) is 13.2 Å². The lowest BCUT2D eigenvalue weighted by molar-refractivity contribution is -0.153. The van der Waals surface area contributed by atoms with Gasteiger partial charge in [0.15, 0.2) is 18.1 Å². The number of carbonyl (C=O) groups is 1. The van der Waals surface area contributed by atoms with Crippen LogP contribution in [0.2, 0.25) is 0 Å². The number of amides is 1. The van der Waals surface area contributed by atoms with E-state index >= 15 is 0 Å². The third kappa shape index (κ3) is 6.35. The van der Waals surface area contributed by atoms with Crippen LogP contribution in [-0.4, -0.2) is 32.3 Å². The van der Waals surface area contributed by atoms with E-state index in [4.69, 9.17) is 10.5 Å². The van der Waals surface area contributed by atoms with Crippen LogP contribution in [0.25, 0.3) is 0 Å². The van der Waals surface area contributed by atoms with Crippen molar-refractivity contribution in [3.8, 4) is 11.5 Å². The molecule has 0 radical (unpaired) electrons. The summed E-state index contributed by atoms with van der Waals surface area (Å²) in [5.74, 6) is -0.0365. The molecule has 0 aliphatic heterocycles. The molecular formula is C13H17F3N2O3. The number of alkyl halides is 3. The van der Waals surface area contributed by atoms with Gasteiger partial charge in [-0.15, -0.1) is 0 Å². The van der Waals surface area contributed by atoms with Crippen molar-refractivity contribution in [2.24, 2.45) is 5.73 Å². The number of methoxy groups -OCH3 is 1. The maximum Gasteiger partial charge on any atom is 0.422 e. The molecule has 0 fully saturated rings. The van der Waals surface area contributed by atoms with Gasteiger partial charge in [-0.05, 0) is 17.7 Å². The molecule has 8 heteroatoms. The Bertz CT molecular complexity index is 478. The Kier molecular flexibility index (Phi) is 6.29. The smallest absolute Gasteiger partial charge is 0.422 e. The van der Waals surface area contributed by atoms with Gasteiger partial charge >= 0.3 is 6.18 Å². The van der Waals surface area contributed by atoms with Crippen molar-refractivity contribution in [1.29, 1.82) is 0 Å². The lowest BCUT2D eigenvalue weighted by Crippen LogP contribution is -2.25. The first kappa shape index (κ1) is 17.1. The molecule has 0 saturated heterocycles. The molecule has 118 valence electrons. The van der Waals surface area contributed by atoms with Crippen LogP contribution in [0.1, 0.15) is 12.0 Å². The normalized spacial score (nSPS) is 11.1. The molecule has 0 bridgehead atoms. The van der Waals surface area contributed by atoms with E-state index in [0.29, 0.717) is 5.56 Å². The molecule has 1 rings (SSSR count). The standard InChI is InChI=1S/C13H17F3N2O3/c1-20-11-6-9(7-18-12(19)4-5-17)2-3-10(11)21-8-13(14,15)16/h2-3,6H,4-5,7-8,17H2,1H3,(H,18,19). The minimum Gasteiger partial charge on any atom is -0.493 e. The fourth-order valence-electron chi connectivity index (χ4n) is 1.52. The maximum atomic E-state index is 12.1. The Labute approximate surface area is 120 Å². The summed E-state index contributed by atoms with van der Waals surface area (Å²) in [6, 6.07) is 4.43. The van der Waals surface area contributed by atoms with Gasteiger partial charge < -0.3 is 20.5 Å². The summed E-state index contributed by atoms with van der Waals surface area (Å²) in [4.78, 5) is 11.3. The first-order valence-corrected chi connectivity index (χ1v) is 6.19. The van der Waals surface area contributed by atoms with Crippen molar-refractivity contribution < 1.29 is 27.4 Å². The second-order valence-corrected chi connectivity index (χ2v) is 4.20. The lowest BCUT2D eigenvalue weighted by Gasteiger charge is -2.13. The largest absolute Gasteiger partial charge is 0.493 e. The van der Waals surface area contributed by atoms with Crippen LogP contribution in [0.15, 0.2) is 18.2 Å². The second kappa shape index (κ2) is 7.72. The number of carbonyl (C=O) groups excluding carboxylic acids is 1. The highest BCUT2D eigenvalue weighted by Crippen LogP contribution is 2.29. The van der Waals surface area contributed by atoms with Crippen LogP contribution in [0, 0.1) is 0 Å². The van der Waals surface area contributed by atoms with E-state index in [1.807, 2.05) is 0 Å². The molecule has 0 atom stereocenters. The SMILES string of the molecule is COc1cc(CNC(=O)CCN)ccc1OCC(F)(F)F. The molecule has 0 aliphatic carbocycles. The van der Waals surface area contributed by atoms with Gasteiger partial charge in [-0.3, -0.25) is 4.79 Å². The summed E-state index contributed by atoms with van der Waals surface area (Å²) in [6.07, 6.45) is -4.20. The van der Waals surface area contributed by atoms with Crippen molar-refractivity contribution in [1.82, 2.24) is 5.32 Å². The van der Waals surface area contributed by atoms with Gasteiger partial charge in [0, 0.05) is 19.5 Å². The summed E-state index contributed by atoms with van der Waals surface area (Å²) in [7, 11) is 1.33. The summed E-state index contributed by atoms with van der Waals surface area (Å²) in [5, 5.41) is 2.63. The predicted octanol–water partition coefficient (Wildman–Crippen LogP) is 1.60. The van der Waals surface area contributed by atoms with Gasteiger partial charge in [-0.25, -0.2) is 0 Å². The van der Waals surface area contributed by atoms with E-state index in [-0.39, 0.29) is 36.9 Å². The summed E-state index contributed by atoms with van der Waals surface area (Å²) < 4.78 is 46.0. The second-order valence-electron chi connectivity index (χ2n) is 4.20. The summed E-state index contributed by atoms with van der Waals surface area (Å²) in [5.41, 5.74) is 5.92. The molecule has 1 aromatic carbocycles. The number of hydrogen-bond donors (Lipinski definition) is 2. The molecule has 1 amide bonds. The van der Waals surface area contributed by atoms with Gasteiger partial charge in [0.25, 0.3) is 0 Å². The summed E-state index contributed by atoms with van der Waals surface area (Å²) in [6.45, 7) is -0.913. The molecular weight excluding hydrogens is 289 g/mol. The highest BCUT2D eigenvalue weighted by atomic mass is 19.4. The van der Waals surface area contributed by atoms with Crippen LogP contribution in [0.5, 0.6) is 11.5 Å². The Morgan fingerprint density at radius 2 is 2.05 bits per heavy atom. The third-order valence-electron chi connectivity index (χ3n) is 2.48. The lowest BCUT2D eigenvalue weighted by atomic mass is 10.2. The highest BCUT2D eigenvalue weighted by molar-refractivity contribution is 5.76. The Morgan fingerprint density at radius 3 is 2.62 bits per heavy atom. The van der Waals surface area contributed by atoms with Crippen molar-refractivity contribution in [3.63, 3.8) is 0 Å². The molecule has 0 spiro atoms. The van der Waals surface area contributed by atoms with Gasteiger partial charge in [-0.1, -0.05) is 6.07 Å². The minimum absolute atomic E-state index is 0.00754. The van der Waals surface area contributed by atoms with E-state index in [9.17, 15) is 18.0 Å². The zero-order valence-corrected chi connectivity index (χ0v) is 11.5. The number of nitrogens with two attached hydrogens (primary N) is 1. The molecule has 1 aromatic rings. The number of rotatable bonds is 7. The number of halogens is 3. The fourth-order valence-corrected chi connectivity index (χ4v) is 1.52. The van der Waals surface area contributed by atoms with Gasteiger partial charge in [0.2, 0.25) is 5.91 Å². The molecule has 5 nitrogen and oxygen atoms in total. The molecule has 0 aromatic heterocycles. The fraction of sp³-hybridized carbons (Fsp3) is 0.462. The van der Waals surface area contributed by atoms with Crippen molar-refractivity contribution in [2.75, 3.05) is 20.3 Å². The Balaban J connectivity index is 2.67. The topological polar surface area (TPSA) is 73.6 Å². The average Bonchev–Trinajstić information content (AvgIpc) is 2.42. The molecule has 0 heterocycles. The van der Waals surface area contributed by atoms with E-state index in [1.165, 1.54) is 19.2 Å². The van der Waals surface area contributed by atoms with Gasteiger partial charge in [-0.2, -0.15) is 13.2 Å². The van der Waals surface area contributed by atoms with Gasteiger partial charge in [0.1, 0.15) is 0 Å². The Morgan fingerprint density at radius 1 is 1.33 bits per heavy atom. The van der Waals surface area contributed by atoms with Crippen LogP contribution >= 0.6 is 0 Å². The summed E-state index contributed by atoms with van der Waals surface area (Å²) >= 11 is 0. The van der Waals surface area contributed by atoms with Crippen molar-refractivity contribution in [2.45, 2.75) is 19.1 Å². The quantitative estimate of drug-likeness (QED) is 0.802. The van der Waals surface area contributed by atoms with Crippen molar-refractivity contribution in [3.05, 3.63) is 23.8 Å². The van der Waals surface area contributed by atoms with Crippen LogP contribution in [0.3, 0.4) is 0 Å². The van der Waals surface area contributed by atoms with E-state index in [2.05, 4.69) is 10.1 Å². The van der Waals surface area contributed by atoms with Crippen LogP contribution < -0.4 is 20.5 Å². The number of nitrogens with one attached hydrogen (secondary N) is 1. The predicted molar refractivity (Wildman–Crippen MR) is 70.1 cm³/mol. The molecule has 0 aliphatic rings. The number of hydrogen-bond acceptors (Lipinski definition) is 4. The first-order valence-electron chi connectivity index (χ1n) is 6.19. The molecule has 21 heavy (non-hydrogen) atoms. The zero-order chi connectivity index (χ0) is 15.9. The maximum absolute atomic E-state index is 12.1. The Hall–Kier alpha value is -1.96. The molecule has 0 saturated carbocycles. The van der Waals surface area contributed by atoms with Crippen molar-refractivity contribution >= 4 is 5.91 Å². The third-order valence-corrected chi connectivity index (χ3v) is 2.48. The van der Waals surface area contributed by atoms with E-state index < -0.39 is 12.8 Å². The minimum atomic E-state index is -4.42. The average molecular weight is 306 g/mol. The van der Waals surface area contributed by atoms with E-state index in [1.54, 1.807) is 6.07 Å². The van der Waals surface area contributed by atoms with Gasteiger partial charge in [0.05, 0.1) is 7.11 Å². The highest BCUT2D eigenvalue weighted by Gasteiger charge is 2.29. The molecule has 0 unspecified atom stereocenters. The number of ether oxygens (including phenoxy) is 2. The monoisotopic (exact) mass is 306 g/mol. The van der Waals surface area contributed by atoms with Crippen LogP contribution in [-0.2, 0) is 11.3 Å².